The zero-order valence-electron chi connectivity index (χ0n) is 16.2. The lowest BCUT2D eigenvalue weighted by Crippen LogP contribution is -2.48. The van der Waals surface area contributed by atoms with Crippen molar-refractivity contribution < 1.29 is 14.3 Å². The molecule has 8 heteroatoms. The zero-order chi connectivity index (χ0) is 19.9. The number of benzene rings is 1. The molecule has 0 atom stereocenters. The van der Waals surface area contributed by atoms with E-state index in [1.54, 1.807) is 20.1 Å². The lowest BCUT2D eigenvalue weighted by Gasteiger charge is -2.34. The summed E-state index contributed by atoms with van der Waals surface area (Å²) in [4.78, 5) is 36.2. The van der Waals surface area contributed by atoms with Gasteiger partial charge >= 0.3 is 0 Å². The molecule has 2 aromatic rings. The molecule has 0 saturated carbocycles. The molecule has 8 nitrogen and oxygen atoms in total. The van der Waals surface area contributed by atoms with Gasteiger partial charge in [-0.1, -0.05) is 18.2 Å². The molecule has 0 unspecified atom stereocenters. The van der Waals surface area contributed by atoms with Crippen LogP contribution in [0.25, 0.3) is 0 Å². The second kappa shape index (κ2) is 9.16. The number of nitrogens with zero attached hydrogens (tertiary/aromatic N) is 4. The van der Waals surface area contributed by atoms with E-state index in [1.165, 1.54) is 6.33 Å². The van der Waals surface area contributed by atoms with Crippen LogP contribution in [0.1, 0.15) is 23.0 Å². The number of anilines is 1. The van der Waals surface area contributed by atoms with Gasteiger partial charge in [-0.05, 0) is 18.1 Å². The number of piperazine rings is 1. The van der Waals surface area contributed by atoms with E-state index in [0.717, 1.165) is 11.3 Å². The molecule has 1 aliphatic rings. The molecule has 2 amide bonds. The van der Waals surface area contributed by atoms with E-state index in [-0.39, 0.29) is 11.8 Å². The summed E-state index contributed by atoms with van der Waals surface area (Å²) in [5.74, 6) is 1.36. The van der Waals surface area contributed by atoms with Crippen molar-refractivity contribution in [3.05, 3.63) is 47.9 Å². The molecule has 0 radical (unpaired) electrons. The first-order valence-electron chi connectivity index (χ1n) is 9.31. The Kier molecular flexibility index (Phi) is 6.41. The van der Waals surface area contributed by atoms with Crippen molar-refractivity contribution >= 4 is 17.6 Å². The number of aromatic nitrogens is 2. The molecule has 0 spiro atoms. The van der Waals surface area contributed by atoms with Crippen LogP contribution in [0.2, 0.25) is 0 Å². The number of amides is 2. The minimum atomic E-state index is -0.235. The van der Waals surface area contributed by atoms with Crippen LogP contribution in [0.5, 0.6) is 5.75 Å². The molecule has 1 N–H and O–H groups in total. The van der Waals surface area contributed by atoms with Gasteiger partial charge in [-0.15, -0.1) is 0 Å². The Morgan fingerprint density at radius 2 is 1.89 bits per heavy atom. The van der Waals surface area contributed by atoms with E-state index in [2.05, 4.69) is 20.2 Å². The maximum Gasteiger partial charge on any atom is 0.270 e. The van der Waals surface area contributed by atoms with E-state index in [0.29, 0.717) is 50.7 Å². The average molecular weight is 383 g/mol. The fourth-order valence-electron chi connectivity index (χ4n) is 3.21. The van der Waals surface area contributed by atoms with Gasteiger partial charge in [-0.25, -0.2) is 9.97 Å². The van der Waals surface area contributed by atoms with Crippen molar-refractivity contribution in [3.8, 4) is 5.75 Å². The normalized spacial score (nSPS) is 13.9. The zero-order valence-corrected chi connectivity index (χ0v) is 16.2. The second-order valence-electron chi connectivity index (χ2n) is 6.57. The third-order valence-electron chi connectivity index (χ3n) is 4.81. The van der Waals surface area contributed by atoms with Crippen LogP contribution in [-0.4, -0.2) is 66.5 Å². The van der Waals surface area contributed by atoms with Crippen LogP contribution in [0, 0.1) is 0 Å². The topological polar surface area (TPSA) is 87.7 Å². The number of rotatable bonds is 6. The number of hydrogen-bond acceptors (Lipinski definition) is 6. The fourth-order valence-corrected chi connectivity index (χ4v) is 3.21. The summed E-state index contributed by atoms with van der Waals surface area (Å²) in [6.45, 7) is 4.74. The van der Waals surface area contributed by atoms with Gasteiger partial charge in [0, 0.05) is 45.7 Å². The monoisotopic (exact) mass is 383 g/mol. The Hall–Kier alpha value is -3.16. The van der Waals surface area contributed by atoms with E-state index in [9.17, 15) is 9.59 Å². The molecule has 0 bridgehead atoms. The SMILES string of the molecule is COc1ccccc1CCNC(=O)c1cc(N2CCN(C(C)=O)CC2)ncn1. The Morgan fingerprint density at radius 3 is 2.61 bits per heavy atom. The van der Waals surface area contributed by atoms with Crippen LogP contribution in [-0.2, 0) is 11.2 Å². The summed E-state index contributed by atoms with van der Waals surface area (Å²) in [5.41, 5.74) is 1.37. The number of nitrogens with one attached hydrogen (secondary N) is 1. The number of ether oxygens (including phenoxy) is 1. The first-order chi connectivity index (χ1) is 13.6. The van der Waals surface area contributed by atoms with Crippen molar-refractivity contribution in [2.45, 2.75) is 13.3 Å². The van der Waals surface area contributed by atoms with Gasteiger partial charge in [0.2, 0.25) is 5.91 Å². The largest absolute Gasteiger partial charge is 0.496 e. The standard InChI is InChI=1S/C20H25N5O3/c1-15(26)24-9-11-25(12-10-24)19-13-17(22-14-23-19)20(27)21-8-7-16-5-3-4-6-18(16)28-2/h3-6,13-14H,7-12H2,1-2H3,(H,21,27). The summed E-state index contributed by atoms with van der Waals surface area (Å²) in [7, 11) is 1.63. The molecular formula is C20H25N5O3. The Labute approximate surface area is 164 Å². The van der Waals surface area contributed by atoms with Gasteiger partial charge in [0.1, 0.15) is 23.6 Å². The Balaban J connectivity index is 1.56. The fraction of sp³-hybridized carbons (Fsp3) is 0.400. The molecule has 148 valence electrons. The number of methoxy groups -OCH3 is 1. The Bertz CT molecular complexity index is 834. The van der Waals surface area contributed by atoms with Gasteiger partial charge in [0.25, 0.3) is 5.91 Å². The number of para-hydroxylation sites is 1. The molecule has 1 aromatic carbocycles. The maximum atomic E-state index is 12.5. The van der Waals surface area contributed by atoms with Crippen LogP contribution in [0.4, 0.5) is 5.82 Å². The number of carbonyl (C=O) groups excluding carboxylic acids is 2. The molecule has 2 heterocycles. The third kappa shape index (κ3) is 4.76. The molecule has 1 fully saturated rings. The summed E-state index contributed by atoms with van der Waals surface area (Å²) in [6.07, 6.45) is 2.07. The van der Waals surface area contributed by atoms with Gasteiger partial charge in [0.15, 0.2) is 0 Å². The molecule has 0 aliphatic carbocycles. The second-order valence-corrected chi connectivity index (χ2v) is 6.57. The van der Waals surface area contributed by atoms with Crippen molar-refractivity contribution in [2.24, 2.45) is 0 Å². The quantitative estimate of drug-likeness (QED) is 0.805. The van der Waals surface area contributed by atoms with Crippen LogP contribution in [0.3, 0.4) is 0 Å². The van der Waals surface area contributed by atoms with Gasteiger partial charge < -0.3 is 19.9 Å². The minimum Gasteiger partial charge on any atom is -0.496 e. The van der Waals surface area contributed by atoms with Crippen LogP contribution < -0.4 is 15.0 Å². The van der Waals surface area contributed by atoms with Gasteiger partial charge in [-0.2, -0.15) is 0 Å². The van der Waals surface area contributed by atoms with E-state index in [4.69, 9.17) is 4.74 Å². The predicted molar refractivity (Wildman–Crippen MR) is 106 cm³/mol. The highest BCUT2D eigenvalue weighted by Gasteiger charge is 2.20. The minimum absolute atomic E-state index is 0.0810. The lowest BCUT2D eigenvalue weighted by atomic mass is 10.1. The van der Waals surface area contributed by atoms with E-state index >= 15 is 0 Å². The Morgan fingerprint density at radius 1 is 1.14 bits per heavy atom. The smallest absolute Gasteiger partial charge is 0.270 e. The van der Waals surface area contributed by atoms with Crippen molar-refractivity contribution in [1.29, 1.82) is 0 Å². The van der Waals surface area contributed by atoms with Crippen molar-refractivity contribution in [1.82, 2.24) is 20.2 Å². The highest BCUT2D eigenvalue weighted by Crippen LogP contribution is 2.17. The van der Waals surface area contributed by atoms with Crippen molar-refractivity contribution in [3.63, 3.8) is 0 Å². The van der Waals surface area contributed by atoms with Crippen molar-refractivity contribution in [2.75, 3.05) is 44.7 Å². The first-order valence-corrected chi connectivity index (χ1v) is 9.31. The lowest BCUT2D eigenvalue weighted by molar-refractivity contribution is -0.129. The molecule has 3 rings (SSSR count). The molecule has 1 aromatic heterocycles. The molecule has 1 saturated heterocycles. The molecule has 28 heavy (non-hydrogen) atoms. The number of hydrogen-bond donors (Lipinski definition) is 1. The third-order valence-corrected chi connectivity index (χ3v) is 4.81. The van der Waals surface area contributed by atoms with Gasteiger partial charge in [-0.3, -0.25) is 9.59 Å². The summed E-state index contributed by atoms with van der Waals surface area (Å²) < 4.78 is 5.33. The molecular weight excluding hydrogens is 358 g/mol. The van der Waals surface area contributed by atoms with E-state index in [1.807, 2.05) is 29.2 Å². The first kappa shape index (κ1) is 19.6. The van der Waals surface area contributed by atoms with Crippen LogP contribution in [0.15, 0.2) is 36.7 Å². The highest BCUT2D eigenvalue weighted by molar-refractivity contribution is 5.92. The predicted octanol–water partition coefficient (Wildman–Crippen LogP) is 1.13. The van der Waals surface area contributed by atoms with Gasteiger partial charge in [0.05, 0.1) is 7.11 Å². The molecule has 1 aliphatic heterocycles. The highest BCUT2D eigenvalue weighted by atomic mass is 16.5. The average Bonchev–Trinajstić information content (AvgIpc) is 2.74. The summed E-state index contributed by atoms with van der Waals surface area (Å²) in [5, 5.41) is 2.89. The van der Waals surface area contributed by atoms with E-state index < -0.39 is 0 Å². The van der Waals surface area contributed by atoms with Crippen LogP contribution >= 0.6 is 0 Å². The summed E-state index contributed by atoms with van der Waals surface area (Å²) >= 11 is 0. The number of carbonyl (C=O) groups is 2. The summed E-state index contributed by atoms with van der Waals surface area (Å²) in [6, 6.07) is 9.44. The maximum absolute atomic E-state index is 12.5.